The second-order valence-corrected chi connectivity index (χ2v) is 6.56. The van der Waals surface area contributed by atoms with Gasteiger partial charge in [0.15, 0.2) is 0 Å². The molecule has 1 heterocycles. The number of nitrogens with zero attached hydrogens (tertiary/aromatic N) is 1. The second-order valence-electron chi connectivity index (χ2n) is 6.56. The van der Waals surface area contributed by atoms with Gasteiger partial charge in [0.05, 0.1) is 18.4 Å². The summed E-state index contributed by atoms with van der Waals surface area (Å²) in [6.07, 6.45) is 4.94. The zero-order valence-corrected chi connectivity index (χ0v) is 13.1. The number of nitrogens with one attached hydrogen (secondary N) is 1. The lowest BCUT2D eigenvalue weighted by Crippen LogP contribution is -2.41. The summed E-state index contributed by atoms with van der Waals surface area (Å²) in [6.45, 7) is -0.0489. The van der Waals surface area contributed by atoms with Gasteiger partial charge in [-0.1, -0.05) is 42.5 Å². The van der Waals surface area contributed by atoms with Gasteiger partial charge >= 0.3 is 0 Å². The van der Waals surface area contributed by atoms with Gasteiger partial charge in [0, 0.05) is 0 Å². The average molecular weight is 326 g/mol. The van der Waals surface area contributed by atoms with Crippen LogP contribution in [0.5, 0.6) is 0 Å². The summed E-state index contributed by atoms with van der Waals surface area (Å²) in [5.41, 5.74) is 3.22. The van der Waals surface area contributed by atoms with Gasteiger partial charge in [-0.3, -0.25) is 24.1 Å². The van der Waals surface area contributed by atoms with Gasteiger partial charge in [-0.05, 0) is 23.8 Å². The van der Waals surface area contributed by atoms with E-state index < -0.39 is 5.91 Å². The van der Waals surface area contributed by atoms with Crippen molar-refractivity contribution in [1.29, 1.82) is 0 Å². The number of carbonyl (C=O) groups excluding carboxylic acids is 3. The summed E-state index contributed by atoms with van der Waals surface area (Å²) >= 11 is 0. The molecule has 6 heteroatoms. The number of hydroxylamine groups is 1. The van der Waals surface area contributed by atoms with Gasteiger partial charge in [0.2, 0.25) is 11.8 Å². The molecule has 3 amide bonds. The minimum atomic E-state index is -0.493. The molecule has 0 radical (unpaired) electrons. The van der Waals surface area contributed by atoms with Crippen LogP contribution < -0.4 is 5.48 Å². The Morgan fingerprint density at radius 1 is 1.08 bits per heavy atom. The molecule has 24 heavy (non-hydrogen) atoms. The Kier molecular flexibility index (Phi) is 3.69. The van der Waals surface area contributed by atoms with Gasteiger partial charge < -0.3 is 0 Å². The molecule has 1 saturated heterocycles. The Bertz CT molecular complexity index is 685. The van der Waals surface area contributed by atoms with Crippen molar-refractivity contribution in [3.8, 4) is 0 Å². The molecular formula is C18H18N2O4. The quantitative estimate of drug-likeness (QED) is 0.498. The molecule has 124 valence electrons. The van der Waals surface area contributed by atoms with Crippen molar-refractivity contribution in [2.75, 3.05) is 6.54 Å². The largest absolute Gasteiger partial charge is 0.274 e. The third-order valence-electron chi connectivity index (χ3n) is 5.13. The number of amides is 3. The summed E-state index contributed by atoms with van der Waals surface area (Å²) in [5.74, 6) is -1.18. The zero-order chi connectivity index (χ0) is 16.7. The van der Waals surface area contributed by atoms with Crippen LogP contribution in [0.15, 0.2) is 42.5 Å². The van der Waals surface area contributed by atoms with Crippen LogP contribution in [0.3, 0.4) is 0 Å². The van der Waals surface area contributed by atoms with E-state index in [1.807, 2.05) is 42.5 Å². The lowest BCUT2D eigenvalue weighted by Gasteiger charge is -2.16. The minimum Gasteiger partial charge on any atom is -0.274 e. The zero-order valence-electron chi connectivity index (χ0n) is 13.1. The molecular weight excluding hydrogens is 308 g/mol. The first-order chi connectivity index (χ1) is 11.6. The molecule has 2 fully saturated rings. The van der Waals surface area contributed by atoms with Crippen molar-refractivity contribution in [1.82, 2.24) is 10.4 Å². The van der Waals surface area contributed by atoms with Crippen LogP contribution in [0.25, 0.3) is 0 Å². The number of benzene rings is 1. The van der Waals surface area contributed by atoms with E-state index in [0.717, 1.165) is 16.9 Å². The lowest BCUT2D eigenvalue weighted by atomic mass is 9.85. The Morgan fingerprint density at radius 2 is 1.71 bits per heavy atom. The summed E-state index contributed by atoms with van der Waals surface area (Å²) < 4.78 is 0. The molecule has 0 unspecified atom stereocenters. The molecule has 1 saturated carbocycles. The highest BCUT2D eigenvalue weighted by atomic mass is 16.6. The van der Waals surface area contributed by atoms with Crippen molar-refractivity contribution in [2.45, 2.75) is 13.0 Å². The fourth-order valence-electron chi connectivity index (χ4n) is 4.07. The van der Waals surface area contributed by atoms with E-state index >= 15 is 0 Å². The molecule has 3 aliphatic rings. The Morgan fingerprint density at radius 3 is 2.33 bits per heavy atom. The number of carbonyl (C=O) groups is 3. The first-order valence-electron chi connectivity index (χ1n) is 8.13. The average Bonchev–Trinajstić information content (AvgIpc) is 3.26. The van der Waals surface area contributed by atoms with E-state index in [9.17, 15) is 14.4 Å². The predicted molar refractivity (Wildman–Crippen MR) is 83.8 cm³/mol. The maximum atomic E-state index is 12.5. The van der Waals surface area contributed by atoms with Crippen LogP contribution in [0.2, 0.25) is 0 Å². The van der Waals surface area contributed by atoms with Gasteiger partial charge in [0.1, 0.15) is 6.54 Å². The van der Waals surface area contributed by atoms with Gasteiger partial charge in [-0.15, -0.1) is 0 Å². The van der Waals surface area contributed by atoms with Crippen LogP contribution in [-0.4, -0.2) is 29.2 Å². The molecule has 2 bridgehead atoms. The van der Waals surface area contributed by atoms with Crippen molar-refractivity contribution in [3.05, 3.63) is 48.0 Å². The second kappa shape index (κ2) is 5.87. The molecule has 6 nitrogen and oxygen atoms in total. The first kappa shape index (κ1) is 15.1. The highest BCUT2D eigenvalue weighted by Gasteiger charge is 2.59. The maximum absolute atomic E-state index is 12.5. The minimum absolute atomic E-state index is 0.152. The van der Waals surface area contributed by atoms with Gasteiger partial charge in [0.25, 0.3) is 5.91 Å². The molecule has 2 aliphatic carbocycles. The number of imide groups is 1. The molecule has 1 aromatic rings. The van der Waals surface area contributed by atoms with Crippen molar-refractivity contribution < 1.29 is 19.2 Å². The third-order valence-corrected chi connectivity index (χ3v) is 5.13. The highest BCUT2D eigenvalue weighted by molar-refractivity contribution is 6.08. The number of rotatable bonds is 5. The summed E-state index contributed by atoms with van der Waals surface area (Å²) in [7, 11) is 0. The fourth-order valence-corrected chi connectivity index (χ4v) is 4.07. The highest BCUT2D eigenvalue weighted by Crippen LogP contribution is 2.52. The van der Waals surface area contributed by atoms with Gasteiger partial charge in [-0.25, -0.2) is 5.48 Å². The summed E-state index contributed by atoms with van der Waals surface area (Å²) in [4.78, 5) is 43.2. The first-order valence-corrected chi connectivity index (χ1v) is 8.13. The number of fused-ring (bicyclic) bond motifs is 5. The molecule has 1 N–H and O–H groups in total. The number of allylic oxidation sites excluding steroid dienone is 2. The maximum Gasteiger partial charge on any atom is 0.263 e. The molecule has 1 aromatic carbocycles. The van der Waals surface area contributed by atoms with Crippen molar-refractivity contribution in [2.24, 2.45) is 23.7 Å². The SMILES string of the molecule is O=C(CN1C(=O)[C@@H]2[C@@H](C1=O)[C@H]1C=C[C@@H]2C1)NOCc1ccccc1. The van der Waals surface area contributed by atoms with Crippen LogP contribution in [0.1, 0.15) is 12.0 Å². The standard InChI is InChI=1S/C18H18N2O4/c21-14(19-24-10-11-4-2-1-3-5-11)9-20-17(22)15-12-6-7-13(8-12)16(15)18(20)23/h1-7,12-13,15-16H,8-10H2,(H,19,21)/t12-,13+,15-,16-/m0/s1. The molecule has 1 aliphatic heterocycles. The van der Waals surface area contributed by atoms with Crippen molar-refractivity contribution >= 4 is 17.7 Å². The van der Waals surface area contributed by atoms with E-state index in [2.05, 4.69) is 5.48 Å². The number of likely N-dealkylation sites (tertiary alicyclic amines) is 1. The normalized spacial score (nSPS) is 30.1. The van der Waals surface area contributed by atoms with Crippen LogP contribution in [0, 0.1) is 23.7 Å². The number of hydrogen-bond acceptors (Lipinski definition) is 4. The van der Waals surface area contributed by atoms with E-state index in [4.69, 9.17) is 4.84 Å². The number of hydrogen-bond donors (Lipinski definition) is 1. The molecule has 0 spiro atoms. The predicted octanol–water partition coefficient (Wildman–Crippen LogP) is 1.04. The van der Waals surface area contributed by atoms with Gasteiger partial charge in [-0.2, -0.15) is 0 Å². The van der Waals surface area contributed by atoms with E-state index in [1.54, 1.807) is 0 Å². The monoisotopic (exact) mass is 326 g/mol. The van der Waals surface area contributed by atoms with Crippen LogP contribution in [0.4, 0.5) is 0 Å². The Labute approximate surface area is 139 Å². The molecule has 0 aromatic heterocycles. The topological polar surface area (TPSA) is 75.7 Å². The Hall–Kier alpha value is -2.47. The summed E-state index contributed by atoms with van der Waals surface area (Å²) in [6, 6.07) is 9.41. The fraction of sp³-hybridized carbons (Fsp3) is 0.389. The summed E-state index contributed by atoms with van der Waals surface area (Å²) in [5, 5.41) is 0. The molecule has 4 rings (SSSR count). The van der Waals surface area contributed by atoms with Crippen molar-refractivity contribution in [3.63, 3.8) is 0 Å². The third kappa shape index (κ3) is 2.43. The van der Waals surface area contributed by atoms with Crippen LogP contribution in [-0.2, 0) is 25.8 Å². The lowest BCUT2D eigenvalue weighted by molar-refractivity contribution is -0.148. The molecule has 4 atom stereocenters. The smallest absolute Gasteiger partial charge is 0.263 e. The van der Waals surface area contributed by atoms with E-state index in [1.165, 1.54) is 0 Å². The van der Waals surface area contributed by atoms with E-state index in [0.29, 0.717) is 0 Å². The van der Waals surface area contributed by atoms with Crippen LogP contribution >= 0.6 is 0 Å². The van der Waals surface area contributed by atoms with E-state index in [-0.39, 0.29) is 48.6 Å². The Balaban J connectivity index is 1.32.